The summed E-state index contributed by atoms with van der Waals surface area (Å²) in [5.41, 5.74) is 3.90. The minimum atomic E-state index is -0.0962. The zero-order valence-corrected chi connectivity index (χ0v) is 17.0. The number of rotatable bonds is 5. The molecule has 0 aromatic heterocycles. The summed E-state index contributed by atoms with van der Waals surface area (Å²) < 4.78 is 0. The average Bonchev–Trinajstić information content (AvgIpc) is 2.81. The Hall–Kier alpha value is -3.40. The van der Waals surface area contributed by atoms with Gasteiger partial charge in [0.25, 0.3) is 0 Å². The summed E-state index contributed by atoms with van der Waals surface area (Å²) in [6.07, 6.45) is 2.17. The van der Waals surface area contributed by atoms with Crippen molar-refractivity contribution < 1.29 is 9.59 Å². The number of Topliss-reactive ketones (excluding diaryl/α,β-unsaturated/α-hetero) is 1. The molecule has 3 aromatic rings. The molecule has 1 heterocycles. The molecule has 3 aromatic carbocycles. The number of urea groups is 1. The molecule has 0 unspecified atom stereocenters. The number of anilines is 1. The van der Waals surface area contributed by atoms with E-state index >= 15 is 0 Å². The number of carbonyl (C=O) groups is 2. The number of amides is 2. The van der Waals surface area contributed by atoms with E-state index in [0.717, 1.165) is 23.2 Å². The van der Waals surface area contributed by atoms with Gasteiger partial charge in [0.1, 0.15) is 0 Å². The Balaban J connectivity index is 1.36. The predicted octanol–water partition coefficient (Wildman–Crippen LogP) is 5.40. The second-order valence-corrected chi connectivity index (χ2v) is 7.74. The van der Waals surface area contributed by atoms with Crippen molar-refractivity contribution in [3.05, 3.63) is 102 Å². The smallest absolute Gasteiger partial charge is 0.321 e. The SMILES string of the molecule is O=C(c1ccccc1)C1CCN(C(=O)Nc2ccccc2Cc2ccccc2)CC1. The van der Waals surface area contributed by atoms with Crippen molar-refractivity contribution in [1.29, 1.82) is 0 Å². The molecule has 4 heteroatoms. The second-order valence-electron chi connectivity index (χ2n) is 7.74. The van der Waals surface area contributed by atoms with Gasteiger partial charge in [-0.05, 0) is 36.5 Å². The number of hydrogen-bond donors (Lipinski definition) is 1. The Morgan fingerprint density at radius 3 is 2.10 bits per heavy atom. The van der Waals surface area contributed by atoms with Gasteiger partial charge in [-0.25, -0.2) is 4.79 Å². The average molecular weight is 399 g/mol. The molecule has 0 atom stereocenters. The van der Waals surface area contributed by atoms with Crippen molar-refractivity contribution in [2.24, 2.45) is 5.92 Å². The van der Waals surface area contributed by atoms with Crippen molar-refractivity contribution >= 4 is 17.5 Å². The van der Waals surface area contributed by atoms with Gasteiger partial charge >= 0.3 is 6.03 Å². The fourth-order valence-electron chi connectivity index (χ4n) is 3.99. The lowest BCUT2D eigenvalue weighted by molar-refractivity contribution is 0.0859. The van der Waals surface area contributed by atoms with E-state index in [2.05, 4.69) is 17.4 Å². The molecule has 0 spiro atoms. The maximum absolute atomic E-state index is 12.8. The van der Waals surface area contributed by atoms with Crippen LogP contribution in [0.4, 0.5) is 10.5 Å². The molecule has 1 aliphatic heterocycles. The summed E-state index contributed by atoms with van der Waals surface area (Å²) in [6.45, 7) is 1.19. The Morgan fingerprint density at radius 2 is 1.40 bits per heavy atom. The van der Waals surface area contributed by atoms with Crippen molar-refractivity contribution in [2.45, 2.75) is 19.3 Å². The number of nitrogens with zero attached hydrogens (tertiary/aromatic N) is 1. The number of para-hydroxylation sites is 1. The van der Waals surface area contributed by atoms with E-state index in [9.17, 15) is 9.59 Å². The van der Waals surface area contributed by atoms with Crippen LogP contribution in [0.2, 0.25) is 0 Å². The summed E-state index contributed by atoms with van der Waals surface area (Å²) in [4.78, 5) is 27.3. The van der Waals surface area contributed by atoms with E-state index in [1.807, 2.05) is 77.7 Å². The van der Waals surface area contributed by atoms with Crippen LogP contribution in [0.1, 0.15) is 34.3 Å². The van der Waals surface area contributed by atoms with E-state index in [-0.39, 0.29) is 17.7 Å². The highest BCUT2D eigenvalue weighted by Crippen LogP contribution is 2.24. The van der Waals surface area contributed by atoms with Crippen LogP contribution < -0.4 is 5.32 Å². The maximum Gasteiger partial charge on any atom is 0.321 e. The fraction of sp³-hybridized carbons (Fsp3) is 0.231. The van der Waals surface area contributed by atoms with Crippen LogP contribution in [0, 0.1) is 5.92 Å². The maximum atomic E-state index is 12.8. The summed E-state index contributed by atoms with van der Waals surface area (Å²) in [5.74, 6) is 0.172. The van der Waals surface area contributed by atoms with Crippen LogP contribution in [0.5, 0.6) is 0 Å². The Kier molecular flexibility index (Phi) is 6.23. The number of likely N-dealkylation sites (tertiary alicyclic amines) is 1. The first-order valence-electron chi connectivity index (χ1n) is 10.5. The predicted molar refractivity (Wildman–Crippen MR) is 120 cm³/mol. The molecule has 152 valence electrons. The van der Waals surface area contributed by atoms with Gasteiger partial charge in [-0.3, -0.25) is 4.79 Å². The standard InChI is InChI=1S/C26H26N2O2/c29-25(21-11-5-2-6-12-21)22-15-17-28(18-16-22)26(30)27-24-14-8-7-13-23(24)19-20-9-3-1-4-10-20/h1-14,22H,15-19H2,(H,27,30). The summed E-state index contributed by atoms with van der Waals surface area (Å²) >= 11 is 0. The van der Waals surface area contributed by atoms with Gasteiger partial charge in [-0.15, -0.1) is 0 Å². The van der Waals surface area contributed by atoms with E-state index in [0.29, 0.717) is 25.9 Å². The third-order valence-electron chi connectivity index (χ3n) is 5.71. The molecule has 1 aliphatic rings. The number of hydrogen-bond acceptors (Lipinski definition) is 2. The quantitative estimate of drug-likeness (QED) is 0.585. The van der Waals surface area contributed by atoms with Crippen LogP contribution in [0.15, 0.2) is 84.9 Å². The molecule has 1 saturated heterocycles. The minimum absolute atomic E-state index is 0.0122. The number of ketones is 1. The fourth-order valence-corrected chi connectivity index (χ4v) is 3.99. The Bertz CT molecular complexity index is 994. The van der Waals surface area contributed by atoms with Crippen LogP contribution in [-0.4, -0.2) is 29.8 Å². The number of piperidine rings is 1. The number of carbonyl (C=O) groups excluding carboxylic acids is 2. The molecule has 4 rings (SSSR count). The van der Waals surface area contributed by atoms with Gasteiger partial charge in [-0.1, -0.05) is 78.9 Å². The largest absolute Gasteiger partial charge is 0.324 e. The van der Waals surface area contributed by atoms with Crippen molar-refractivity contribution in [3.8, 4) is 0 Å². The summed E-state index contributed by atoms with van der Waals surface area (Å²) in [5, 5.41) is 3.08. The van der Waals surface area contributed by atoms with E-state index in [1.165, 1.54) is 5.56 Å². The summed E-state index contributed by atoms with van der Waals surface area (Å²) in [6, 6.07) is 27.5. The molecule has 4 nitrogen and oxygen atoms in total. The zero-order chi connectivity index (χ0) is 20.8. The Labute approximate surface area is 177 Å². The van der Waals surface area contributed by atoms with E-state index in [4.69, 9.17) is 0 Å². The second kappa shape index (κ2) is 9.40. The lowest BCUT2D eigenvalue weighted by atomic mass is 9.89. The minimum Gasteiger partial charge on any atom is -0.324 e. The Morgan fingerprint density at radius 1 is 0.800 bits per heavy atom. The van der Waals surface area contributed by atoms with Crippen molar-refractivity contribution in [3.63, 3.8) is 0 Å². The van der Waals surface area contributed by atoms with Crippen LogP contribution >= 0.6 is 0 Å². The molecule has 1 fully saturated rings. The van der Waals surface area contributed by atoms with Gasteiger partial charge in [0, 0.05) is 30.3 Å². The molecule has 0 aliphatic carbocycles. The van der Waals surface area contributed by atoms with Gasteiger partial charge in [0.2, 0.25) is 0 Å². The van der Waals surface area contributed by atoms with Gasteiger partial charge in [0.15, 0.2) is 5.78 Å². The molecule has 30 heavy (non-hydrogen) atoms. The number of benzene rings is 3. The molecule has 2 amide bonds. The monoisotopic (exact) mass is 398 g/mol. The highest BCUT2D eigenvalue weighted by molar-refractivity contribution is 5.98. The molecular weight excluding hydrogens is 372 g/mol. The van der Waals surface area contributed by atoms with Crippen molar-refractivity contribution in [2.75, 3.05) is 18.4 Å². The molecule has 0 radical (unpaired) electrons. The van der Waals surface area contributed by atoms with E-state index < -0.39 is 0 Å². The molecule has 0 saturated carbocycles. The first-order chi connectivity index (χ1) is 14.7. The molecule has 0 bridgehead atoms. The third kappa shape index (κ3) is 4.77. The zero-order valence-electron chi connectivity index (χ0n) is 17.0. The highest BCUT2D eigenvalue weighted by Gasteiger charge is 2.28. The number of nitrogens with one attached hydrogen (secondary N) is 1. The molecule has 1 N–H and O–H groups in total. The van der Waals surface area contributed by atoms with Crippen LogP contribution in [0.3, 0.4) is 0 Å². The van der Waals surface area contributed by atoms with Gasteiger partial charge in [-0.2, -0.15) is 0 Å². The summed E-state index contributed by atoms with van der Waals surface area (Å²) in [7, 11) is 0. The first-order valence-corrected chi connectivity index (χ1v) is 10.5. The van der Waals surface area contributed by atoms with E-state index in [1.54, 1.807) is 0 Å². The lowest BCUT2D eigenvalue weighted by Gasteiger charge is -2.31. The van der Waals surface area contributed by atoms with Gasteiger partial charge < -0.3 is 10.2 Å². The van der Waals surface area contributed by atoms with Crippen LogP contribution in [0.25, 0.3) is 0 Å². The first kappa shape index (κ1) is 19.9. The highest BCUT2D eigenvalue weighted by atomic mass is 16.2. The third-order valence-corrected chi connectivity index (χ3v) is 5.71. The van der Waals surface area contributed by atoms with Gasteiger partial charge in [0.05, 0.1) is 0 Å². The normalized spacial score (nSPS) is 14.3. The molecular formula is C26H26N2O2. The van der Waals surface area contributed by atoms with Crippen molar-refractivity contribution in [1.82, 2.24) is 4.90 Å². The topological polar surface area (TPSA) is 49.4 Å². The van der Waals surface area contributed by atoms with Crippen LogP contribution in [-0.2, 0) is 6.42 Å². The lowest BCUT2D eigenvalue weighted by Crippen LogP contribution is -2.42.